The van der Waals surface area contributed by atoms with Crippen LogP contribution < -0.4 is 19.1 Å². The maximum atomic E-state index is 13.5. The van der Waals surface area contributed by atoms with E-state index in [4.69, 9.17) is 23.7 Å². The number of carbonyl (C=O) groups excluding carboxylic acids is 1. The van der Waals surface area contributed by atoms with Crippen LogP contribution in [0.3, 0.4) is 0 Å². The average molecular weight is 696 g/mol. The number of aliphatic carboxylic acids is 1. The summed E-state index contributed by atoms with van der Waals surface area (Å²) in [5.74, 6) is -2.83. The zero-order chi connectivity index (χ0) is 35.7. The van der Waals surface area contributed by atoms with Crippen LogP contribution in [-0.4, -0.2) is 151 Å². The first-order valence-electron chi connectivity index (χ1n) is 15.0. The van der Waals surface area contributed by atoms with E-state index < -0.39 is 98.3 Å². The fraction of sp³-hybridized carbons (Fsp3) is 0.484. The van der Waals surface area contributed by atoms with E-state index in [-0.39, 0.29) is 34.9 Å². The van der Waals surface area contributed by atoms with Gasteiger partial charge in [0.2, 0.25) is 12.6 Å². The number of phenols is 1. The van der Waals surface area contributed by atoms with Gasteiger partial charge < -0.3 is 74.7 Å². The molecule has 18 heteroatoms. The monoisotopic (exact) mass is 695 g/mol. The summed E-state index contributed by atoms with van der Waals surface area (Å²) in [6.45, 7) is -1.38. The number of ether oxygens (including phenoxy) is 5. The van der Waals surface area contributed by atoms with Crippen LogP contribution in [0.5, 0.6) is 23.0 Å². The minimum atomic E-state index is -1.80. The number of amides is 1. The summed E-state index contributed by atoms with van der Waals surface area (Å²) in [4.78, 5) is 26.6. The molecule has 0 bridgehead atoms. The highest BCUT2D eigenvalue weighted by Crippen LogP contribution is 2.42. The van der Waals surface area contributed by atoms with Crippen molar-refractivity contribution in [2.75, 3.05) is 25.2 Å². The molecule has 5 rings (SSSR count). The molecule has 49 heavy (non-hydrogen) atoms. The second-order valence-electron chi connectivity index (χ2n) is 11.6. The molecule has 1 amide bonds. The van der Waals surface area contributed by atoms with Crippen molar-refractivity contribution in [3.05, 3.63) is 47.5 Å². The number of carboxylic acids is 1. The van der Waals surface area contributed by atoms with Crippen molar-refractivity contribution in [1.29, 1.82) is 0 Å². The molecule has 3 heterocycles. The summed E-state index contributed by atoms with van der Waals surface area (Å²) in [6, 6.07) is 5.30. The Hall–Kier alpha value is -4.08. The molecule has 3 aliphatic heterocycles. The largest absolute Gasteiger partial charge is 0.504 e. The van der Waals surface area contributed by atoms with Crippen LogP contribution in [0.2, 0.25) is 0 Å². The first-order valence-corrected chi connectivity index (χ1v) is 15.0. The number of aliphatic hydroxyl groups is 8. The fourth-order valence-corrected chi connectivity index (χ4v) is 5.73. The SMILES string of the molecule is COc1cc(/C=C\C(=O)N2c3cc(O[C@@H]4O[C@H](CO)[C@@H](O)[C@H](O)[C@H]4O)c(O)cc3C[C@H]2C(=O)O)ccc1O[C@H]1O[C@H](CO)[C@H](O)[C@@H](O)[C@H]1O. The van der Waals surface area contributed by atoms with Crippen LogP contribution in [0.4, 0.5) is 5.69 Å². The molecular weight excluding hydrogens is 658 g/mol. The fourth-order valence-electron chi connectivity index (χ4n) is 5.73. The average Bonchev–Trinajstić information content (AvgIpc) is 3.46. The number of phenolic OH excluding ortho intramolecular Hbond substituents is 1. The minimum Gasteiger partial charge on any atom is -0.504 e. The Morgan fingerprint density at radius 1 is 0.816 bits per heavy atom. The molecule has 0 aliphatic carbocycles. The van der Waals surface area contributed by atoms with Gasteiger partial charge in [0.25, 0.3) is 5.91 Å². The van der Waals surface area contributed by atoms with E-state index in [1.54, 1.807) is 0 Å². The number of benzene rings is 2. The number of anilines is 1. The third-order valence-electron chi connectivity index (χ3n) is 8.46. The number of hydrogen-bond acceptors (Lipinski definition) is 16. The van der Waals surface area contributed by atoms with Gasteiger partial charge in [-0.2, -0.15) is 0 Å². The molecule has 0 aromatic heterocycles. The Morgan fingerprint density at radius 2 is 1.39 bits per heavy atom. The van der Waals surface area contributed by atoms with Gasteiger partial charge in [0.1, 0.15) is 54.9 Å². The molecule has 10 N–H and O–H groups in total. The number of hydrogen-bond donors (Lipinski definition) is 10. The standard InChI is InChI=1S/C31H37NO17/c1-45-19-6-12(2-4-17(19)46-30-27(41)25(39)23(37)20(10-33)48-30)3-5-22(36)32-14-9-18(16(35)8-13(14)7-15(32)29(43)44)47-31-28(42)26(40)24(38)21(11-34)49-31/h2-6,8-9,15,20-21,23-28,30-31,33-35,37-42H,7,10-11H2,1H3,(H,43,44)/b5-3-/t15-,20+,21+,23-,24+,25+,26-,27+,28+,30-,31+/m0/s1. The van der Waals surface area contributed by atoms with E-state index in [1.165, 1.54) is 37.5 Å². The molecule has 2 fully saturated rings. The Morgan fingerprint density at radius 3 is 1.92 bits per heavy atom. The van der Waals surface area contributed by atoms with Gasteiger partial charge in [-0.05, 0) is 35.4 Å². The Labute approximate surface area is 277 Å². The van der Waals surface area contributed by atoms with E-state index in [0.29, 0.717) is 5.56 Å². The number of nitrogens with zero attached hydrogens (tertiary/aromatic N) is 1. The smallest absolute Gasteiger partial charge is 0.327 e. The lowest BCUT2D eigenvalue weighted by molar-refractivity contribution is -0.277. The van der Waals surface area contributed by atoms with Gasteiger partial charge in [-0.1, -0.05) is 6.07 Å². The number of fused-ring (bicyclic) bond motifs is 1. The van der Waals surface area contributed by atoms with Gasteiger partial charge in [0.15, 0.2) is 23.0 Å². The molecular formula is C31H37NO17. The minimum absolute atomic E-state index is 0.0430. The van der Waals surface area contributed by atoms with Crippen molar-refractivity contribution in [2.45, 2.75) is 73.9 Å². The molecule has 268 valence electrons. The predicted molar refractivity (Wildman–Crippen MR) is 162 cm³/mol. The molecule has 3 aliphatic rings. The van der Waals surface area contributed by atoms with Crippen LogP contribution in [0.25, 0.3) is 6.08 Å². The molecule has 0 radical (unpaired) electrons. The summed E-state index contributed by atoms with van der Waals surface area (Å²) in [6.07, 6.45) is -13.5. The summed E-state index contributed by atoms with van der Waals surface area (Å²) < 4.78 is 27.2. The van der Waals surface area contributed by atoms with Crippen LogP contribution in [0.15, 0.2) is 36.4 Å². The molecule has 11 atom stereocenters. The van der Waals surface area contributed by atoms with E-state index in [9.17, 15) is 60.7 Å². The first kappa shape index (κ1) is 36.2. The van der Waals surface area contributed by atoms with Gasteiger partial charge >= 0.3 is 5.97 Å². The Bertz CT molecular complexity index is 1550. The van der Waals surface area contributed by atoms with Crippen molar-refractivity contribution in [3.8, 4) is 23.0 Å². The molecule has 2 saturated heterocycles. The molecule has 18 nitrogen and oxygen atoms in total. The lowest BCUT2D eigenvalue weighted by Crippen LogP contribution is -2.60. The molecule has 0 unspecified atom stereocenters. The van der Waals surface area contributed by atoms with Crippen LogP contribution in [0, 0.1) is 0 Å². The van der Waals surface area contributed by atoms with Crippen LogP contribution in [0.1, 0.15) is 11.1 Å². The summed E-state index contributed by atoms with van der Waals surface area (Å²) in [5, 5.41) is 100. The summed E-state index contributed by atoms with van der Waals surface area (Å²) >= 11 is 0. The highest BCUT2D eigenvalue weighted by Gasteiger charge is 2.46. The number of aromatic hydroxyl groups is 1. The van der Waals surface area contributed by atoms with Gasteiger partial charge in [0, 0.05) is 18.6 Å². The normalized spacial score (nSPS) is 32.9. The summed E-state index contributed by atoms with van der Waals surface area (Å²) in [7, 11) is 1.31. The number of methoxy groups -OCH3 is 1. The summed E-state index contributed by atoms with van der Waals surface area (Å²) in [5.41, 5.74) is 0.722. The highest BCUT2D eigenvalue weighted by molar-refractivity contribution is 6.09. The van der Waals surface area contributed by atoms with E-state index in [2.05, 4.69) is 0 Å². The van der Waals surface area contributed by atoms with Gasteiger partial charge in [-0.15, -0.1) is 0 Å². The number of carbonyl (C=O) groups is 2. The van der Waals surface area contributed by atoms with Crippen molar-refractivity contribution in [2.24, 2.45) is 0 Å². The van der Waals surface area contributed by atoms with E-state index in [0.717, 1.165) is 17.0 Å². The number of rotatable bonds is 10. The predicted octanol–water partition coefficient (Wildman–Crippen LogP) is -3.19. The van der Waals surface area contributed by atoms with Crippen molar-refractivity contribution >= 4 is 23.6 Å². The third-order valence-corrected chi connectivity index (χ3v) is 8.46. The van der Waals surface area contributed by atoms with Crippen LogP contribution in [-0.2, 0) is 25.5 Å². The van der Waals surface area contributed by atoms with E-state index in [1.807, 2.05) is 0 Å². The maximum absolute atomic E-state index is 13.5. The second-order valence-corrected chi connectivity index (χ2v) is 11.6. The van der Waals surface area contributed by atoms with E-state index >= 15 is 0 Å². The van der Waals surface area contributed by atoms with Crippen molar-refractivity contribution < 1.29 is 84.3 Å². The first-order chi connectivity index (χ1) is 23.3. The molecule has 0 saturated carbocycles. The number of aliphatic hydroxyl groups excluding tert-OH is 8. The number of carboxylic acid groups (broad SMARTS) is 1. The quantitative estimate of drug-likeness (QED) is 0.110. The Balaban J connectivity index is 1.36. The van der Waals surface area contributed by atoms with Gasteiger partial charge in [0.05, 0.1) is 26.0 Å². The topological polar surface area (TPSA) is 286 Å². The Kier molecular flexibility index (Phi) is 10.9. The van der Waals surface area contributed by atoms with Gasteiger partial charge in [-0.3, -0.25) is 9.69 Å². The lowest BCUT2D eigenvalue weighted by Gasteiger charge is -2.39. The van der Waals surface area contributed by atoms with Crippen LogP contribution >= 0.6 is 0 Å². The zero-order valence-corrected chi connectivity index (χ0v) is 25.8. The lowest BCUT2D eigenvalue weighted by atomic mass is 9.99. The highest BCUT2D eigenvalue weighted by atomic mass is 16.7. The van der Waals surface area contributed by atoms with Crippen molar-refractivity contribution in [1.82, 2.24) is 0 Å². The maximum Gasteiger partial charge on any atom is 0.327 e. The second kappa shape index (κ2) is 14.8. The molecule has 0 spiro atoms. The zero-order valence-electron chi connectivity index (χ0n) is 25.8. The van der Waals surface area contributed by atoms with Gasteiger partial charge in [-0.25, -0.2) is 4.79 Å². The molecule has 2 aromatic rings. The van der Waals surface area contributed by atoms with Crippen molar-refractivity contribution in [3.63, 3.8) is 0 Å². The third kappa shape index (κ3) is 7.15. The molecule has 2 aromatic carbocycles.